The Morgan fingerprint density at radius 2 is 1.61 bits per heavy atom. The summed E-state index contributed by atoms with van der Waals surface area (Å²) >= 11 is 0. The summed E-state index contributed by atoms with van der Waals surface area (Å²) in [5.41, 5.74) is 4.25. The predicted octanol–water partition coefficient (Wildman–Crippen LogP) is 2.16. The number of hydrogen-bond donors (Lipinski definition) is 2. The fourth-order valence-electron chi connectivity index (χ4n) is 2.07. The molecule has 0 bridgehead atoms. The third kappa shape index (κ3) is 5.20. The molecule has 0 spiro atoms. The lowest BCUT2D eigenvalue weighted by molar-refractivity contribution is -0.142. The lowest BCUT2D eigenvalue weighted by Crippen LogP contribution is -2.39. The summed E-state index contributed by atoms with van der Waals surface area (Å²) in [7, 11) is 0. The summed E-state index contributed by atoms with van der Waals surface area (Å²) in [6, 6.07) is 17.2. The van der Waals surface area contributed by atoms with Gasteiger partial charge in [-0.05, 0) is 11.1 Å². The molecular formula is C18H17NO4. The zero-order valence-corrected chi connectivity index (χ0v) is 12.4. The van der Waals surface area contributed by atoms with Gasteiger partial charge in [-0.1, -0.05) is 60.7 Å². The average molecular weight is 311 g/mol. The molecule has 118 valence electrons. The highest BCUT2D eigenvalue weighted by Gasteiger charge is 2.24. The van der Waals surface area contributed by atoms with Gasteiger partial charge in [0.2, 0.25) is 0 Å². The van der Waals surface area contributed by atoms with Gasteiger partial charge in [0.05, 0.1) is 6.61 Å². The summed E-state index contributed by atoms with van der Waals surface area (Å²) in [6.45, 7) is 0.197. The van der Waals surface area contributed by atoms with Crippen molar-refractivity contribution in [2.24, 2.45) is 0 Å². The number of carboxylic acid groups (broad SMARTS) is 1. The third-order valence-electron chi connectivity index (χ3n) is 3.25. The monoisotopic (exact) mass is 311 g/mol. The van der Waals surface area contributed by atoms with Crippen molar-refractivity contribution in [2.75, 3.05) is 0 Å². The number of carbonyl (C=O) groups is 1. The van der Waals surface area contributed by atoms with Crippen LogP contribution in [0.2, 0.25) is 0 Å². The van der Waals surface area contributed by atoms with Crippen molar-refractivity contribution in [3.8, 4) is 0 Å². The smallest absolute Gasteiger partial charge is 0.328 e. The zero-order chi connectivity index (χ0) is 16.5. The van der Waals surface area contributed by atoms with E-state index in [2.05, 4.69) is 5.48 Å². The number of hydrogen-bond acceptors (Lipinski definition) is 4. The van der Waals surface area contributed by atoms with Crippen molar-refractivity contribution >= 4 is 11.9 Å². The Hall–Kier alpha value is -2.72. The maximum atomic E-state index is 11.4. The molecule has 2 N–H and O–H groups in total. The van der Waals surface area contributed by atoms with Crippen molar-refractivity contribution in [3.05, 3.63) is 77.4 Å². The second kappa shape index (κ2) is 8.66. The molecule has 2 aromatic carbocycles. The first-order valence-corrected chi connectivity index (χ1v) is 7.12. The van der Waals surface area contributed by atoms with Gasteiger partial charge in [-0.2, -0.15) is 5.48 Å². The number of aliphatic carboxylic acids is 1. The van der Waals surface area contributed by atoms with Crippen LogP contribution in [0.5, 0.6) is 0 Å². The van der Waals surface area contributed by atoms with E-state index in [-0.39, 0.29) is 18.6 Å². The van der Waals surface area contributed by atoms with Crippen LogP contribution < -0.4 is 5.48 Å². The average Bonchev–Trinajstić information content (AvgIpc) is 2.58. The van der Waals surface area contributed by atoms with Gasteiger partial charge in [0.1, 0.15) is 5.94 Å². The summed E-state index contributed by atoms with van der Waals surface area (Å²) in [5, 5.41) is 9.31. The first-order valence-electron chi connectivity index (χ1n) is 7.12. The molecule has 0 aliphatic carbocycles. The second-order valence-electron chi connectivity index (χ2n) is 4.95. The van der Waals surface area contributed by atoms with E-state index in [1.165, 1.54) is 0 Å². The molecule has 5 nitrogen and oxygen atoms in total. The first kappa shape index (κ1) is 16.6. The number of carbonyl (C=O) groups excluding carboxylic acids is 1. The standard InChI is InChI=1S/C18H17NO4/c20-12-16(11-14-7-3-1-4-8-14)17(18(21)22)19-23-13-15-9-5-2-6-10-15/h1-10,17,19H,11,13H2,(H,21,22)/t17-/m0/s1. The fourth-order valence-corrected chi connectivity index (χ4v) is 2.07. The van der Waals surface area contributed by atoms with E-state index >= 15 is 0 Å². The Kier molecular flexibility index (Phi) is 6.27. The van der Waals surface area contributed by atoms with E-state index < -0.39 is 12.0 Å². The third-order valence-corrected chi connectivity index (χ3v) is 3.25. The molecule has 0 saturated carbocycles. The van der Waals surface area contributed by atoms with Gasteiger partial charge >= 0.3 is 5.97 Å². The van der Waals surface area contributed by atoms with Crippen molar-refractivity contribution in [1.29, 1.82) is 0 Å². The lowest BCUT2D eigenvalue weighted by atomic mass is 10.0. The van der Waals surface area contributed by atoms with Crippen molar-refractivity contribution in [1.82, 2.24) is 5.48 Å². The van der Waals surface area contributed by atoms with Crippen LogP contribution in [-0.2, 0) is 27.5 Å². The molecule has 0 aromatic heterocycles. The van der Waals surface area contributed by atoms with Gasteiger partial charge in [-0.3, -0.25) is 9.63 Å². The molecule has 0 aliphatic rings. The van der Waals surface area contributed by atoms with Gasteiger partial charge < -0.3 is 5.11 Å². The maximum absolute atomic E-state index is 11.4. The largest absolute Gasteiger partial charge is 0.480 e. The van der Waals surface area contributed by atoms with Crippen LogP contribution in [0.15, 0.2) is 66.2 Å². The summed E-state index contributed by atoms with van der Waals surface area (Å²) < 4.78 is 0. The van der Waals surface area contributed by atoms with Gasteiger partial charge in [0.25, 0.3) is 0 Å². The van der Waals surface area contributed by atoms with Crippen molar-refractivity contribution < 1.29 is 19.5 Å². The molecule has 0 unspecified atom stereocenters. The quantitative estimate of drug-likeness (QED) is 0.577. The van der Waals surface area contributed by atoms with Crippen LogP contribution in [0.4, 0.5) is 0 Å². The molecule has 0 radical (unpaired) electrons. The van der Waals surface area contributed by atoms with Crippen LogP contribution in [0.3, 0.4) is 0 Å². The van der Waals surface area contributed by atoms with Crippen molar-refractivity contribution in [2.45, 2.75) is 19.1 Å². The Balaban J connectivity index is 1.99. The minimum atomic E-state index is -1.24. The lowest BCUT2D eigenvalue weighted by Gasteiger charge is -2.15. The van der Waals surface area contributed by atoms with Gasteiger partial charge in [-0.15, -0.1) is 0 Å². The molecule has 0 aliphatic heterocycles. The maximum Gasteiger partial charge on any atom is 0.328 e. The van der Waals surface area contributed by atoms with Crippen LogP contribution >= 0.6 is 0 Å². The van der Waals surface area contributed by atoms with Crippen LogP contribution in [-0.4, -0.2) is 23.1 Å². The minimum Gasteiger partial charge on any atom is -0.480 e. The second-order valence-corrected chi connectivity index (χ2v) is 4.95. The topological polar surface area (TPSA) is 75.6 Å². The first-order chi connectivity index (χ1) is 11.2. The molecule has 0 heterocycles. The summed E-state index contributed by atoms with van der Waals surface area (Å²) in [6.07, 6.45) is 0.197. The van der Waals surface area contributed by atoms with E-state index in [1.807, 2.05) is 60.7 Å². The van der Waals surface area contributed by atoms with Crippen LogP contribution in [0.1, 0.15) is 11.1 Å². The molecule has 0 fully saturated rings. The van der Waals surface area contributed by atoms with E-state index in [0.717, 1.165) is 11.1 Å². The van der Waals surface area contributed by atoms with E-state index in [1.54, 1.807) is 5.94 Å². The van der Waals surface area contributed by atoms with Gasteiger partial charge in [-0.25, -0.2) is 4.79 Å². The van der Waals surface area contributed by atoms with Gasteiger partial charge in [0, 0.05) is 12.0 Å². The summed E-state index contributed by atoms with van der Waals surface area (Å²) in [4.78, 5) is 27.8. The molecule has 0 amide bonds. The molecular weight excluding hydrogens is 294 g/mol. The SMILES string of the molecule is O=C=C(Cc1ccccc1)[C@H](NOCc1ccccc1)C(=O)O. The molecule has 2 aromatic rings. The van der Waals surface area contributed by atoms with E-state index in [4.69, 9.17) is 4.84 Å². The minimum absolute atomic E-state index is 0.0803. The Morgan fingerprint density at radius 1 is 1.04 bits per heavy atom. The molecule has 1 atom stereocenters. The number of carboxylic acids is 1. The van der Waals surface area contributed by atoms with Crippen LogP contribution in [0.25, 0.3) is 0 Å². The molecule has 5 heteroatoms. The molecule has 2 rings (SSSR count). The molecule has 23 heavy (non-hydrogen) atoms. The van der Waals surface area contributed by atoms with E-state index in [9.17, 15) is 14.7 Å². The Labute approximate surface area is 134 Å². The summed E-state index contributed by atoms with van der Waals surface area (Å²) in [5.74, 6) is 0.536. The zero-order valence-electron chi connectivity index (χ0n) is 12.4. The number of rotatable bonds is 8. The highest BCUT2D eigenvalue weighted by atomic mass is 16.6. The molecule has 0 saturated heterocycles. The Morgan fingerprint density at radius 3 is 2.13 bits per heavy atom. The highest BCUT2D eigenvalue weighted by Crippen LogP contribution is 2.10. The number of hydroxylamine groups is 1. The highest BCUT2D eigenvalue weighted by molar-refractivity contribution is 5.81. The number of benzene rings is 2. The fraction of sp³-hybridized carbons (Fsp3) is 0.167. The number of nitrogens with one attached hydrogen (secondary N) is 1. The normalized spacial score (nSPS) is 11.5. The van der Waals surface area contributed by atoms with E-state index in [0.29, 0.717) is 0 Å². The van der Waals surface area contributed by atoms with Gasteiger partial charge in [0.15, 0.2) is 6.04 Å². The predicted molar refractivity (Wildman–Crippen MR) is 85.1 cm³/mol. The van der Waals surface area contributed by atoms with Crippen LogP contribution in [0, 0.1) is 0 Å². The van der Waals surface area contributed by atoms with Crippen molar-refractivity contribution in [3.63, 3.8) is 0 Å². The Bertz CT molecular complexity index is 679.